The van der Waals surface area contributed by atoms with Gasteiger partial charge in [-0.3, -0.25) is 4.79 Å². The van der Waals surface area contributed by atoms with Crippen molar-refractivity contribution in [1.29, 1.82) is 0 Å². The van der Waals surface area contributed by atoms with Gasteiger partial charge >= 0.3 is 6.03 Å². The van der Waals surface area contributed by atoms with E-state index < -0.39 is 23.4 Å². The Morgan fingerprint density at radius 1 is 1.08 bits per heavy atom. The van der Waals surface area contributed by atoms with Crippen LogP contribution in [0.3, 0.4) is 0 Å². The van der Waals surface area contributed by atoms with Gasteiger partial charge in [-0.05, 0) is 44.8 Å². The summed E-state index contributed by atoms with van der Waals surface area (Å²) in [4.78, 5) is 37.5. The summed E-state index contributed by atoms with van der Waals surface area (Å²) in [6.07, 6.45) is 0.801. The predicted molar refractivity (Wildman–Crippen MR) is 149 cm³/mol. The summed E-state index contributed by atoms with van der Waals surface area (Å²) >= 11 is 0. The highest BCUT2D eigenvalue weighted by atomic mass is 19.1. The Morgan fingerprint density at radius 3 is 2.44 bits per heavy atom. The van der Waals surface area contributed by atoms with E-state index >= 15 is 0 Å². The second-order valence-electron chi connectivity index (χ2n) is 8.83. The van der Waals surface area contributed by atoms with Crippen LogP contribution in [0.15, 0.2) is 42.5 Å². The van der Waals surface area contributed by atoms with E-state index in [1.54, 1.807) is 24.3 Å². The number of urea groups is 1. The molecular weight excluding hydrogens is 504 g/mol. The van der Waals surface area contributed by atoms with Crippen molar-refractivity contribution in [2.75, 3.05) is 43.9 Å². The van der Waals surface area contributed by atoms with Crippen LogP contribution in [0.4, 0.5) is 31.0 Å². The topological polar surface area (TPSA) is 102 Å². The first kappa shape index (κ1) is 29.4. The largest absolute Gasteiger partial charge is 0.353 e. The summed E-state index contributed by atoms with van der Waals surface area (Å²) in [6.45, 7) is 7.72. The molecule has 0 unspecified atom stereocenters. The molecule has 3 amide bonds. The van der Waals surface area contributed by atoms with Gasteiger partial charge in [-0.1, -0.05) is 39.0 Å². The molecule has 11 heteroatoms. The predicted octanol–water partition coefficient (Wildman–Crippen LogP) is 4.92. The number of fused-ring (bicyclic) bond motifs is 1. The van der Waals surface area contributed by atoms with Gasteiger partial charge in [0.25, 0.3) is 5.91 Å². The molecule has 208 valence electrons. The van der Waals surface area contributed by atoms with E-state index in [9.17, 15) is 18.4 Å². The number of anilines is 3. The Bertz CT molecular complexity index is 1300. The molecule has 0 atom stereocenters. The van der Waals surface area contributed by atoms with Crippen molar-refractivity contribution < 1.29 is 18.4 Å². The Balaban J connectivity index is 0.00000205. The molecular formula is C28H35F2N7O2. The molecule has 9 nitrogen and oxygen atoms in total. The molecule has 0 spiro atoms. The van der Waals surface area contributed by atoms with Crippen LogP contribution in [0, 0.1) is 11.6 Å². The van der Waals surface area contributed by atoms with E-state index in [2.05, 4.69) is 25.9 Å². The first-order valence-electron chi connectivity index (χ1n) is 13.0. The molecule has 0 saturated carbocycles. The molecule has 0 radical (unpaired) electrons. The number of hydrogen-bond acceptors (Lipinski definition) is 6. The van der Waals surface area contributed by atoms with Crippen LogP contribution in [0.5, 0.6) is 0 Å². The number of nitrogens with zero attached hydrogens (tertiary/aromatic N) is 4. The first-order valence-corrected chi connectivity index (χ1v) is 13.0. The van der Waals surface area contributed by atoms with E-state index in [-0.39, 0.29) is 24.2 Å². The number of halogens is 2. The summed E-state index contributed by atoms with van der Waals surface area (Å²) in [5, 5.41) is 8.64. The van der Waals surface area contributed by atoms with Crippen molar-refractivity contribution in [1.82, 2.24) is 25.5 Å². The van der Waals surface area contributed by atoms with Gasteiger partial charge in [-0.15, -0.1) is 0 Å². The number of amides is 3. The Morgan fingerprint density at radius 2 is 1.77 bits per heavy atom. The zero-order valence-corrected chi connectivity index (χ0v) is 22.9. The maximum Gasteiger partial charge on any atom is 0.328 e. The van der Waals surface area contributed by atoms with E-state index in [1.807, 2.05) is 39.8 Å². The second kappa shape index (κ2) is 13.6. The van der Waals surface area contributed by atoms with E-state index in [4.69, 9.17) is 0 Å². The summed E-state index contributed by atoms with van der Waals surface area (Å²) in [5.74, 6) is -1.78. The summed E-state index contributed by atoms with van der Waals surface area (Å²) < 4.78 is 29.6. The highest BCUT2D eigenvalue weighted by Gasteiger charge is 2.34. The fraction of sp³-hybridized carbons (Fsp3) is 0.357. The van der Waals surface area contributed by atoms with Crippen molar-refractivity contribution >= 4 is 29.4 Å². The molecule has 0 aliphatic carbocycles. The van der Waals surface area contributed by atoms with Crippen LogP contribution in [0.2, 0.25) is 0 Å². The lowest BCUT2D eigenvalue weighted by molar-refractivity contribution is 0.0953. The van der Waals surface area contributed by atoms with Gasteiger partial charge in [0, 0.05) is 36.3 Å². The second-order valence-corrected chi connectivity index (χ2v) is 8.83. The van der Waals surface area contributed by atoms with Crippen molar-refractivity contribution in [2.24, 2.45) is 0 Å². The number of benzene rings is 2. The minimum atomic E-state index is -0.903. The van der Waals surface area contributed by atoms with Gasteiger partial charge in [0.2, 0.25) is 5.95 Å². The average Bonchev–Trinajstić information content (AvgIpc) is 2.93. The molecule has 0 bridgehead atoms. The van der Waals surface area contributed by atoms with Gasteiger partial charge in [0.15, 0.2) is 5.82 Å². The fourth-order valence-electron chi connectivity index (χ4n) is 3.93. The molecule has 1 aliphatic heterocycles. The first-order chi connectivity index (χ1) is 18.8. The molecule has 0 fully saturated rings. The molecule has 3 N–H and O–H groups in total. The zero-order valence-electron chi connectivity index (χ0n) is 22.9. The van der Waals surface area contributed by atoms with Crippen LogP contribution in [-0.4, -0.2) is 60.5 Å². The molecule has 4 rings (SSSR count). The molecule has 3 aromatic rings. The average molecular weight is 540 g/mol. The SMILES string of the molecule is CC.CCCNC(=O)c1cccc(-c2nc(NCCN(C)C)nc3c2CNC(=O)N3c2c(F)cccc2F)c1. The van der Waals surface area contributed by atoms with Crippen molar-refractivity contribution in [3.8, 4) is 11.3 Å². The third-order valence-corrected chi connectivity index (χ3v) is 5.75. The monoisotopic (exact) mass is 539 g/mol. The lowest BCUT2D eigenvalue weighted by atomic mass is 10.0. The molecule has 0 saturated heterocycles. The molecule has 39 heavy (non-hydrogen) atoms. The highest BCUT2D eigenvalue weighted by molar-refractivity contribution is 6.02. The number of rotatable bonds is 9. The number of likely N-dealkylation sites (N-methyl/N-ethyl adjacent to an activating group) is 1. The summed E-state index contributed by atoms with van der Waals surface area (Å²) in [5.41, 5.74) is 1.41. The molecule has 1 aromatic heterocycles. The van der Waals surface area contributed by atoms with Crippen molar-refractivity contribution in [3.05, 3.63) is 65.2 Å². The zero-order chi connectivity index (χ0) is 28.5. The van der Waals surface area contributed by atoms with Crippen LogP contribution in [0.25, 0.3) is 11.3 Å². The number of carbonyl (C=O) groups excluding carboxylic acids is 2. The van der Waals surface area contributed by atoms with Gasteiger partial charge in [-0.2, -0.15) is 4.98 Å². The number of carbonyl (C=O) groups is 2. The molecule has 2 aromatic carbocycles. The maximum atomic E-state index is 14.8. The summed E-state index contributed by atoms with van der Waals surface area (Å²) in [6, 6.07) is 9.59. The van der Waals surface area contributed by atoms with Crippen LogP contribution in [0.1, 0.15) is 43.1 Å². The Hall–Kier alpha value is -4.12. The smallest absolute Gasteiger partial charge is 0.328 e. The van der Waals surface area contributed by atoms with Gasteiger partial charge in [0.1, 0.15) is 17.3 Å². The number of aromatic nitrogens is 2. The van der Waals surface area contributed by atoms with Gasteiger partial charge in [0.05, 0.1) is 12.2 Å². The summed E-state index contributed by atoms with van der Waals surface area (Å²) in [7, 11) is 3.84. The van der Waals surface area contributed by atoms with Crippen LogP contribution in [-0.2, 0) is 6.54 Å². The number of hydrogen-bond donors (Lipinski definition) is 3. The molecule has 1 aliphatic rings. The maximum absolute atomic E-state index is 14.8. The van der Waals surface area contributed by atoms with Crippen molar-refractivity contribution in [2.45, 2.75) is 33.7 Å². The Labute approximate surface area is 227 Å². The fourth-order valence-corrected chi connectivity index (χ4v) is 3.93. The third-order valence-electron chi connectivity index (χ3n) is 5.75. The Kier molecular flexibility index (Phi) is 10.3. The highest BCUT2D eigenvalue weighted by Crippen LogP contribution is 2.38. The standard InChI is InChI=1S/C26H29F2N7O2.C2H6/c1-4-11-29-24(36)17-8-5-7-16(14-17)21-18-15-31-26(37)35(22-19(27)9-6-10-20(22)28)23(18)33-25(32-21)30-12-13-34(2)3;1-2/h5-10,14H,4,11-13,15H2,1-3H3,(H,29,36)(H,31,37)(H,30,32,33);1-2H3. The third kappa shape index (κ3) is 6.85. The van der Waals surface area contributed by atoms with E-state index in [0.29, 0.717) is 42.0 Å². The number of para-hydroxylation sites is 1. The minimum Gasteiger partial charge on any atom is -0.353 e. The normalized spacial score (nSPS) is 12.3. The molecule has 2 heterocycles. The lowest BCUT2D eigenvalue weighted by Gasteiger charge is -2.30. The van der Waals surface area contributed by atoms with Crippen LogP contribution >= 0.6 is 0 Å². The minimum absolute atomic E-state index is 0.0420. The van der Waals surface area contributed by atoms with Crippen LogP contribution < -0.4 is 20.9 Å². The number of nitrogens with one attached hydrogen (secondary N) is 3. The van der Waals surface area contributed by atoms with E-state index in [0.717, 1.165) is 23.5 Å². The lowest BCUT2D eigenvalue weighted by Crippen LogP contribution is -2.43. The van der Waals surface area contributed by atoms with E-state index in [1.165, 1.54) is 6.07 Å². The van der Waals surface area contributed by atoms with Crippen molar-refractivity contribution in [3.63, 3.8) is 0 Å². The van der Waals surface area contributed by atoms with Gasteiger partial charge in [-0.25, -0.2) is 23.5 Å². The van der Waals surface area contributed by atoms with Gasteiger partial charge < -0.3 is 20.9 Å². The quantitative estimate of drug-likeness (QED) is 0.357.